The molecule has 66 valence electrons. The second-order valence-electron chi connectivity index (χ2n) is 2.81. The number of hydrogen-bond acceptors (Lipinski definition) is 4. The van der Waals surface area contributed by atoms with Crippen LogP contribution >= 0.6 is 0 Å². The van der Waals surface area contributed by atoms with E-state index in [1.807, 2.05) is 4.68 Å². The highest BCUT2D eigenvalue weighted by Crippen LogP contribution is 2.04. The molecule has 0 radical (unpaired) electrons. The number of ether oxygens (including phenoxy) is 1. The molecule has 1 aromatic heterocycles. The zero-order valence-corrected chi connectivity index (χ0v) is 6.81. The molecular weight excluding hydrogens is 156 g/mol. The minimum absolute atomic E-state index is 0.287. The summed E-state index contributed by atoms with van der Waals surface area (Å²) in [6.07, 6.45) is 3.27. The Balaban J connectivity index is 2.02. The number of nitrogens with zero attached hydrogens (tertiary/aromatic N) is 3. The quantitative estimate of drug-likeness (QED) is 0.610. The molecule has 12 heavy (non-hydrogen) atoms. The maximum Gasteiger partial charge on any atom is 0.137 e. The largest absolute Gasteiger partial charge is 0.378 e. The van der Waals surface area contributed by atoms with Gasteiger partial charge in [-0.2, -0.15) is 5.10 Å². The van der Waals surface area contributed by atoms with E-state index in [0.29, 0.717) is 0 Å². The van der Waals surface area contributed by atoms with Gasteiger partial charge in [0.2, 0.25) is 0 Å². The molecule has 1 saturated heterocycles. The van der Waals surface area contributed by atoms with E-state index < -0.39 is 0 Å². The molecule has 1 unspecified atom stereocenters. The van der Waals surface area contributed by atoms with Crippen LogP contribution in [0.3, 0.4) is 0 Å². The summed E-state index contributed by atoms with van der Waals surface area (Å²) in [5.41, 5.74) is 0. The third-order valence-corrected chi connectivity index (χ3v) is 1.92. The molecule has 1 aliphatic heterocycles. The Bertz CT molecular complexity index is 215. The number of nitrogens with one attached hydrogen (secondary N) is 1. The Kier molecular flexibility index (Phi) is 2.33. The Labute approximate surface area is 70.7 Å². The molecule has 2 rings (SSSR count). The van der Waals surface area contributed by atoms with Gasteiger partial charge in [0.15, 0.2) is 0 Å². The van der Waals surface area contributed by atoms with Crippen molar-refractivity contribution in [3.05, 3.63) is 12.7 Å². The second kappa shape index (κ2) is 3.64. The molecule has 0 aliphatic carbocycles. The van der Waals surface area contributed by atoms with Crippen LogP contribution < -0.4 is 5.32 Å². The van der Waals surface area contributed by atoms with Crippen molar-refractivity contribution in [3.8, 4) is 0 Å². The van der Waals surface area contributed by atoms with E-state index in [2.05, 4.69) is 15.4 Å². The molecule has 0 aromatic carbocycles. The van der Waals surface area contributed by atoms with E-state index in [9.17, 15) is 0 Å². The molecule has 5 nitrogen and oxygen atoms in total. The zero-order chi connectivity index (χ0) is 8.23. The van der Waals surface area contributed by atoms with Crippen LogP contribution in [0.4, 0.5) is 0 Å². The van der Waals surface area contributed by atoms with E-state index in [1.165, 1.54) is 0 Å². The first-order chi connectivity index (χ1) is 5.97. The zero-order valence-electron chi connectivity index (χ0n) is 6.81. The van der Waals surface area contributed by atoms with Crippen LogP contribution in [-0.4, -0.2) is 41.1 Å². The van der Waals surface area contributed by atoms with Crippen molar-refractivity contribution in [2.45, 2.75) is 6.04 Å². The lowest BCUT2D eigenvalue weighted by molar-refractivity contribution is 0.122. The molecule has 1 fully saturated rings. The van der Waals surface area contributed by atoms with Crippen LogP contribution in [0.5, 0.6) is 0 Å². The molecule has 0 bridgehead atoms. The van der Waals surface area contributed by atoms with Crippen LogP contribution in [-0.2, 0) is 4.74 Å². The number of aromatic nitrogens is 3. The SMILES string of the molecule is c1ncn(C2CNCCOC2)n1. The summed E-state index contributed by atoms with van der Waals surface area (Å²) >= 11 is 0. The van der Waals surface area contributed by atoms with Gasteiger partial charge in [0, 0.05) is 13.1 Å². The molecule has 0 amide bonds. The fourth-order valence-corrected chi connectivity index (χ4v) is 1.27. The van der Waals surface area contributed by atoms with E-state index in [1.54, 1.807) is 12.7 Å². The van der Waals surface area contributed by atoms with Crippen molar-refractivity contribution < 1.29 is 4.74 Å². The minimum Gasteiger partial charge on any atom is -0.378 e. The molecular formula is C7H12N4O. The molecule has 2 heterocycles. The van der Waals surface area contributed by atoms with Crippen LogP contribution in [0.25, 0.3) is 0 Å². The first-order valence-corrected chi connectivity index (χ1v) is 4.09. The van der Waals surface area contributed by atoms with Crippen LogP contribution in [0.15, 0.2) is 12.7 Å². The monoisotopic (exact) mass is 168 g/mol. The third-order valence-electron chi connectivity index (χ3n) is 1.92. The summed E-state index contributed by atoms with van der Waals surface area (Å²) in [7, 11) is 0. The average molecular weight is 168 g/mol. The van der Waals surface area contributed by atoms with Crippen molar-refractivity contribution in [2.24, 2.45) is 0 Å². The van der Waals surface area contributed by atoms with E-state index in [4.69, 9.17) is 4.74 Å². The first-order valence-electron chi connectivity index (χ1n) is 4.09. The highest BCUT2D eigenvalue weighted by Gasteiger charge is 2.13. The topological polar surface area (TPSA) is 52.0 Å². The lowest BCUT2D eigenvalue weighted by Gasteiger charge is -2.12. The van der Waals surface area contributed by atoms with Gasteiger partial charge in [-0.25, -0.2) is 9.67 Å². The minimum atomic E-state index is 0.287. The molecule has 0 spiro atoms. The van der Waals surface area contributed by atoms with Gasteiger partial charge in [-0.3, -0.25) is 0 Å². The lowest BCUT2D eigenvalue weighted by atomic mass is 10.3. The lowest BCUT2D eigenvalue weighted by Crippen LogP contribution is -2.25. The van der Waals surface area contributed by atoms with Crippen molar-refractivity contribution in [2.75, 3.05) is 26.3 Å². The summed E-state index contributed by atoms with van der Waals surface area (Å²) in [5, 5.41) is 7.34. The van der Waals surface area contributed by atoms with Crippen molar-refractivity contribution in [3.63, 3.8) is 0 Å². The highest BCUT2D eigenvalue weighted by molar-refractivity contribution is 4.72. The molecule has 1 aromatic rings. The predicted octanol–water partition coefficient (Wildman–Crippen LogP) is -0.561. The van der Waals surface area contributed by atoms with E-state index >= 15 is 0 Å². The maximum absolute atomic E-state index is 5.38. The molecule has 1 atom stereocenters. The molecule has 1 N–H and O–H groups in total. The van der Waals surface area contributed by atoms with Crippen LogP contribution in [0.1, 0.15) is 6.04 Å². The van der Waals surface area contributed by atoms with Crippen LogP contribution in [0.2, 0.25) is 0 Å². The van der Waals surface area contributed by atoms with Gasteiger partial charge in [0.25, 0.3) is 0 Å². The summed E-state index contributed by atoms with van der Waals surface area (Å²) in [4.78, 5) is 3.90. The van der Waals surface area contributed by atoms with Gasteiger partial charge < -0.3 is 10.1 Å². The number of hydrogen-bond donors (Lipinski definition) is 1. The third kappa shape index (κ3) is 1.62. The maximum atomic E-state index is 5.38. The number of rotatable bonds is 1. The average Bonchev–Trinajstić information content (AvgIpc) is 2.48. The van der Waals surface area contributed by atoms with Gasteiger partial charge >= 0.3 is 0 Å². The van der Waals surface area contributed by atoms with Crippen molar-refractivity contribution in [1.29, 1.82) is 0 Å². The normalized spacial score (nSPS) is 25.2. The Morgan fingerprint density at radius 1 is 1.58 bits per heavy atom. The standard InChI is InChI=1S/C7H12N4O/c1-2-12-4-7(3-8-1)11-6-9-5-10-11/h5-8H,1-4H2. The fourth-order valence-electron chi connectivity index (χ4n) is 1.27. The molecule has 0 saturated carbocycles. The van der Waals surface area contributed by atoms with Crippen LogP contribution in [0, 0.1) is 0 Å². The van der Waals surface area contributed by atoms with Gasteiger partial charge in [0.05, 0.1) is 19.3 Å². The Morgan fingerprint density at radius 2 is 2.58 bits per heavy atom. The fraction of sp³-hybridized carbons (Fsp3) is 0.714. The molecule has 5 heteroatoms. The predicted molar refractivity (Wildman–Crippen MR) is 42.7 cm³/mol. The molecule has 1 aliphatic rings. The van der Waals surface area contributed by atoms with Gasteiger partial charge in [-0.15, -0.1) is 0 Å². The van der Waals surface area contributed by atoms with Gasteiger partial charge in [-0.05, 0) is 0 Å². The van der Waals surface area contributed by atoms with Gasteiger partial charge in [-0.1, -0.05) is 0 Å². The highest BCUT2D eigenvalue weighted by atomic mass is 16.5. The van der Waals surface area contributed by atoms with Gasteiger partial charge in [0.1, 0.15) is 12.7 Å². The van der Waals surface area contributed by atoms with Crippen molar-refractivity contribution >= 4 is 0 Å². The van der Waals surface area contributed by atoms with Crippen molar-refractivity contribution in [1.82, 2.24) is 20.1 Å². The Hall–Kier alpha value is -0.940. The summed E-state index contributed by atoms with van der Waals surface area (Å²) in [6, 6.07) is 0.287. The summed E-state index contributed by atoms with van der Waals surface area (Å²) in [5.74, 6) is 0. The smallest absolute Gasteiger partial charge is 0.137 e. The summed E-state index contributed by atoms with van der Waals surface area (Å²) in [6.45, 7) is 3.33. The second-order valence-corrected chi connectivity index (χ2v) is 2.81. The summed E-state index contributed by atoms with van der Waals surface area (Å²) < 4.78 is 7.21. The van der Waals surface area contributed by atoms with E-state index in [-0.39, 0.29) is 6.04 Å². The van der Waals surface area contributed by atoms with E-state index in [0.717, 1.165) is 26.3 Å². The first kappa shape index (κ1) is 7.70. The Morgan fingerprint density at radius 3 is 3.42 bits per heavy atom.